The first-order valence-electron chi connectivity index (χ1n) is 5.86. The van der Waals surface area contributed by atoms with Gasteiger partial charge in [-0.05, 0) is 6.07 Å². The van der Waals surface area contributed by atoms with Crippen molar-refractivity contribution in [2.24, 2.45) is 0 Å². The van der Waals surface area contributed by atoms with E-state index in [1.165, 1.54) is 12.7 Å². The van der Waals surface area contributed by atoms with Gasteiger partial charge in [-0.3, -0.25) is 4.79 Å². The van der Waals surface area contributed by atoms with Gasteiger partial charge in [-0.15, -0.1) is 0 Å². The summed E-state index contributed by atoms with van der Waals surface area (Å²) < 4.78 is 10.2. The number of rotatable bonds is 5. The minimum absolute atomic E-state index is 0.259. The van der Waals surface area contributed by atoms with Crippen molar-refractivity contribution in [3.05, 3.63) is 29.8 Å². The highest BCUT2D eigenvalue weighted by molar-refractivity contribution is 9.10. The van der Waals surface area contributed by atoms with Crippen LogP contribution in [0.3, 0.4) is 0 Å². The molecule has 5 heteroatoms. The summed E-state index contributed by atoms with van der Waals surface area (Å²) >= 11 is 3.28. The standard InChI is InChI=1S/C13H16BrNO3/c1-17-13(16)11(14)7-15-6-9-8-18-12-5-3-2-4-10(9)12/h2-5,9,11,15H,6-8H2,1H3. The van der Waals surface area contributed by atoms with Crippen LogP contribution in [0.1, 0.15) is 11.5 Å². The fourth-order valence-electron chi connectivity index (χ4n) is 1.99. The highest BCUT2D eigenvalue weighted by Crippen LogP contribution is 2.32. The minimum atomic E-state index is -0.305. The molecule has 0 fully saturated rings. The molecule has 0 amide bonds. The van der Waals surface area contributed by atoms with Crippen LogP contribution in [-0.2, 0) is 9.53 Å². The summed E-state index contributed by atoms with van der Waals surface area (Å²) in [6.07, 6.45) is 0. The van der Waals surface area contributed by atoms with E-state index in [0.717, 1.165) is 12.3 Å². The zero-order valence-electron chi connectivity index (χ0n) is 10.2. The van der Waals surface area contributed by atoms with Crippen molar-refractivity contribution < 1.29 is 14.3 Å². The van der Waals surface area contributed by atoms with E-state index in [-0.39, 0.29) is 10.8 Å². The number of ether oxygens (including phenoxy) is 2. The van der Waals surface area contributed by atoms with Gasteiger partial charge in [-0.2, -0.15) is 0 Å². The van der Waals surface area contributed by atoms with E-state index in [0.29, 0.717) is 19.1 Å². The lowest BCUT2D eigenvalue weighted by Crippen LogP contribution is -2.32. The lowest BCUT2D eigenvalue weighted by molar-refractivity contribution is -0.139. The zero-order valence-corrected chi connectivity index (χ0v) is 11.8. The molecule has 98 valence electrons. The number of para-hydroxylation sites is 1. The molecule has 1 aromatic carbocycles. The van der Waals surface area contributed by atoms with Gasteiger partial charge in [0.2, 0.25) is 0 Å². The van der Waals surface area contributed by atoms with E-state index in [1.807, 2.05) is 18.2 Å². The lowest BCUT2D eigenvalue weighted by atomic mass is 10.0. The number of hydrogen-bond donors (Lipinski definition) is 1. The fraction of sp³-hybridized carbons (Fsp3) is 0.462. The normalized spacial score (nSPS) is 18.9. The van der Waals surface area contributed by atoms with Gasteiger partial charge < -0.3 is 14.8 Å². The SMILES string of the molecule is COC(=O)C(Br)CNCC1COc2ccccc21. The molecular weight excluding hydrogens is 298 g/mol. The smallest absolute Gasteiger partial charge is 0.320 e. The third-order valence-electron chi connectivity index (χ3n) is 2.97. The van der Waals surface area contributed by atoms with Crippen molar-refractivity contribution in [3.8, 4) is 5.75 Å². The van der Waals surface area contributed by atoms with Gasteiger partial charge >= 0.3 is 5.97 Å². The van der Waals surface area contributed by atoms with Crippen molar-refractivity contribution in [1.82, 2.24) is 5.32 Å². The highest BCUT2D eigenvalue weighted by Gasteiger charge is 2.23. The van der Waals surface area contributed by atoms with Crippen molar-refractivity contribution >= 4 is 21.9 Å². The Morgan fingerprint density at radius 3 is 3.17 bits per heavy atom. The summed E-state index contributed by atoms with van der Waals surface area (Å²) in [5, 5.41) is 3.26. The van der Waals surface area contributed by atoms with E-state index in [9.17, 15) is 4.79 Å². The van der Waals surface area contributed by atoms with E-state index >= 15 is 0 Å². The van der Waals surface area contributed by atoms with Crippen LogP contribution in [0.4, 0.5) is 0 Å². The van der Waals surface area contributed by atoms with Crippen LogP contribution >= 0.6 is 15.9 Å². The van der Waals surface area contributed by atoms with E-state index < -0.39 is 0 Å². The van der Waals surface area contributed by atoms with Gasteiger partial charge in [0, 0.05) is 24.6 Å². The molecule has 1 heterocycles. The van der Waals surface area contributed by atoms with E-state index in [2.05, 4.69) is 32.0 Å². The first kappa shape index (κ1) is 13.4. The fourth-order valence-corrected chi connectivity index (χ4v) is 2.41. The number of carbonyl (C=O) groups excluding carboxylic acids is 1. The van der Waals surface area contributed by atoms with E-state index in [1.54, 1.807) is 0 Å². The zero-order chi connectivity index (χ0) is 13.0. The molecule has 0 bridgehead atoms. The molecule has 1 N–H and O–H groups in total. The summed E-state index contributed by atoms with van der Waals surface area (Å²) in [6.45, 7) is 2.03. The molecule has 0 aromatic heterocycles. The average molecular weight is 314 g/mol. The lowest BCUT2D eigenvalue weighted by Gasteiger charge is -2.12. The number of methoxy groups -OCH3 is 1. The molecule has 2 unspecified atom stereocenters. The van der Waals surface area contributed by atoms with Crippen molar-refractivity contribution in [1.29, 1.82) is 0 Å². The summed E-state index contributed by atoms with van der Waals surface area (Å²) in [6, 6.07) is 8.06. The Balaban J connectivity index is 1.81. The van der Waals surface area contributed by atoms with Gasteiger partial charge in [0.1, 0.15) is 10.6 Å². The largest absolute Gasteiger partial charge is 0.493 e. The number of benzene rings is 1. The predicted octanol–water partition coefficient (Wildman–Crippen LogP) is 1.69. The second kappa shape index (κ2) is 6.20. The molecule has 2 atom stereocenters. The topological polar surface area (TPSA) is 47.6 Å². The van der Waals surface area contributed by atoms with Gasteiger partial charge in [-0.1, -0.05) is 34.1 Å². The molecule has 1 aromatic rings. The maximum Gasteiger partial charge on any atom is 0.320 e. The maximum atomic E-state index is 11.2. The summed E-state index contributed by atoms with van der Waals surface area (Å²) in [5.41, 5.74) is 1.23. The van der Waals surface area contributed by atoms with Crippen LogP contribution in [0.15, 0.2) is 24.3 Å². The number of fused-ring (bicyclic) bond motifs is 1. The molecular formula is C13H16BrNO3. The third kappa shape index (κ3) is 3.03. The molecule has 1 aliphatic rings. The minimum Gasteiger partial charge on any atom is -0.493 e. The Morgan fingerprint density at radius 2 is 2.39 bits per heavy atom. The van der Waals surface area contributed by atoms with Crippen LogP contribution in [0.25, 0.3) is 0 Å². The molecule has 18 heavy (non-hydrogen) atoms. The van der Waals surface area contributed by atoms with Crippen LogP contribution in [0.5, 0.6) is 5.75 Å². The molecule has 4 nitrogen and oxygen atoms in total. The first-order valence-corrected chi connectivity index (χ1v) is 6.78. The Morgan fingerprint density at radius 1 is 1.61 bits per heavy atom. The Hall–Kier alpha value is -1.07. The molecule has 0 saturated carbocycles. The monoisotopic (exact) mass is 313 g/mol. The number of halogens is 1. The Labute approximate surface area is 115 Å². The summed E-state index contributed by atoms with van der Waals surface area (Å²) in [4.78, 5) is 10.9. The number of nitrogens with one attached hydrogen (secondary N) is 1. The second-order valence-corrected chi connectivity index (χ2v) is 5.30. The Kier molecular flexibility index (Phi) is 4.60. The third-order valence-corrected chi connectivity index (χ3v) is 3.67. The number of carbonyl (C=O) groups is 1. The predicted molar refractivity (Wildman–Crippen MR) is 72.3 cm³/mol. The van der Waals surface area contributed by atoms with Crippen molar-refractivity contribution in [2.75, 3.05) is 26.8 Å². The van der Waals surface area contributed by atoms with Crippen LogP contribution in [0.2, 0.25) is 0 Å². The molecule has 0 saturated heterocycles. The molecule has 0 spiro atoms. The van der Waals surface area contributed by atoms with Gasteiger partial charge in [-0.25, -0.2) is 0 Å². The maximum absolute atomic E-state index is 11.2. The van der Waals surface area contributed by atoms with Crippen molar-refractivity contribution in [2.45, 2.75) is 10.7 Å². The van der Waals surface area contributed by atoms with Crippen LogP contribution in [0, 0.1) is 0 Å². The first-order chi connectivity index (χ1) is 8.72. The molecule has 1 aliphatic heterocycles. The van der Waals surface area contributed by atoms with Gasteiger partial charge in [0.15, 0.2) is 0 Å². The van der Waals surface area contributed by atoms with Crippen LogP contribution in [-0.4, -0.2) is 37.6 Å². The number of hydrogen-bond acceptors (Lipinski definition) is 4. The second-order valence-electron chi connectivity index (χ2n) is 4.19. The Bertz CT molecular complexity index is 424. The number of esters is 1. The summed E-state index contributed by atoms with van der Waals surface area (Å²) in [7, 11) is 1.39. The van der Waals surface area contributed by atoms with Gasteiger partial charge in [0.05, 0.1) is 13.7 Å². The van der Waals surface area contributed by atoms with Crippen molar-refractivity contribution in [3.63, 3.8) is 0 Å². The van der Waals surface area contributed by atoms with Crippen LogP contribution < -0.4 is 10.1 Å². The highest BCUT2D eigenvalue weighted by atomic mass is 79.9. The van der Waals surface area contributed by atoms with E-state index in [4.69, 9.17) is 4.74 Å². The quantitative estimate of drug-likeness (QED) is 0.664. The number of alkyl halides is 1. The van der Waals surface area contributed by atoms with Gasteiger partial charge in [0.25, 0.3) is 0 Å². The molecule has 2 rings (SSSR count). The molecule has 0 radical (unpaired) electrons. The summed E-state index contributed by atoms with van der Waals surface area (Å²) in [5.74, 6) is 1.05. The average Bonchev–Trinajstić information content (AvgIpc) is 2.81. The molecule has 0 aliphatic carbocycles.